The molecule has 0 amide bonds. The van der Waals surface area contributed by atoms with Crippen molar-refractivity contribution in [3.63, 3.8) is 0 Å². The van der Waals surface area contributed by atoms with Crippen molar-refractivity contribution in [2.24, 2.45) is 0 Å². The number of carbonyl (C=O) groups is 1. The molecule has 0 spiro atoms. The van der Waals surface area contributed by atoms with Crippen LogP contribution in [0.2, 0.25) is 0 Å². The average molecular weight is 487 g/mol. The Hall–Kier alpha value is -2.95. The molecule has 3 aromatic rings. The van der Waals surface area contributed by atoms with Crippen molar-refractivity contribution in [2.45, 2.75) is 63.3 Å². The van der Waals surface area contributed by atoms with E-state index >= 15 is 0 Å². The first-order valence-corrected chi connectivity index (χ1v) is 11.6. The lowest BCUT2D eigenvalue weighted by Gasteiger charge is -2.39. The van der Waals surface area contributed by atoms with Crippen molar-refractivity contribution < 1.29 is 44.2 Å². The zero-order valence-electron chi connectivity index (χ0n) is 19.3. The summed E-state index contributed by atoms with van der Waals surface area (Å²) in [5, 5.41) is 51.6. The fourth-order valence-corrected chi connectivity index (χ4v) is 4.31. The zero-order chi connectivity index (χ0) is 25.1. The molecule has 0 bridgehead atoms. The minimum absolute atomic E-state index is 0.00642. The monoisotopic (exact) mass is 486 g/mol. The Morgan fingerprint density at radius 2 is 1.80 bits per heavy atom. The number of aryl methyl sites for hydroxylation is 2. The highest BCUT2D eigenvalue weighted by Crippen LogP contribution is 2.35. The van der Waals surface area contributed by atoms with Crippen molar-refractivity contribution in [1.29, 1.82) is 0 Å². The normalized spacial score (nSPS) is 24.5. The number of phenols is 1. The van der Waals surface area contributed by atoms with Crippen LogP contribution < -0.4 is 4.74 Å². The van der Waals surface area contributed by atoms with Gasteiger partial charge in [0.15, 0.2) is 5.78 Å². The van der Waals surface area contributed by atoms with Crippen LogP contribution in [0.25, 0.3) is 11.0 Å². The maximum absolute atomic E-state index is 13.2. The van der Waals surface area contributed by atoms with E-state index < -0.39 is 37.3 Å². The van der Waals surface area contributed by atoms with Crippen LogP contribution in [-0.2, 0) is 17.6 Å². The highest BCUT2D eigenvalue weighted by Gasteiger charge is 2.45. The van der Waals surface area contributed by atoms with E-state index in [1.54, 1.807) is 12.3 Å². The fourth-order valence-electron chi connectivity index (χ4n) is 4.31. The molecule has 0 saturated carbocycles. The molecule has 1 aliphatic rings. The molecule has 1 aliphatic heterocycles. The lowest BCUT2D eigenvalue weighted by atomic mass is 9.97. The minimum Gasteiger partial charge on any atom is -0.507 e. The van der Waals surface area contributed by atoms with Crippen molar-refractivity contribution in [2.75, 3.05) is 6.61 Å². The maximum atomic E-state index is 13.2. The minimum atomic E-state index is -1.64. The number of carbonyl (C=O) groups excluding carboxylic acids is 1. The molecule has 0 aliphatic carbocycles. The Labute approximate surface area is 202 Å². The van der Waals surface area contributed by atoms with Gasteiger partial charge in [-0.25, -0.2) is 0 Å². The van der Waals surface area contributed by atoms with Gasteiger partial charge in [-0.1, -0.05) is 19.4 Å². The van der Waals surface area contributed by atoms with Gasteiger partial charge < -0.3 is 39.4 Å². The standard InChI is InChI=1S/C26H30O9/c1-2-3-15-11-18(29)22(17(28)6-4-14-5-7-19-16(10-14)8-9-33-19)20(12-15)34-26-25(32)24(31)23(30)21(13-27)35-26/h5,7-12,21,23-27,29-32H,2-4,6,13H2,1H3/t21-,23-,24+,25-,26-/m1/s1. The summed E-state index contributed by atoms with van der Waals surface area (Å²) < 4.78 is 16.6. The molecule has 0 unspecified atom stereocenters. The van der Waals surface area contributed by atoms with Crippen LogP contribution in [0.3, 0.4) is 0 Å². The second-order valence-electron chi connectivity index (χ2n) is 8.77. The van der Waals surface area contributed by atoms with Gasteiger partial charge in [0.2, 0.25) is 6.29 Å². The first kappa shape index (κ1) is 25.2. The van der Waals surface area contributed by atoms with E-state index in [2.05, 4.69) is 0 Å². The van der Waals surface area contributed by atoms with Gasteiger partial charge in [-0.3, -0.25) is 4.79 Å². The van der Waals surface area contributed by atoms with Gasteiger partial charge in [0.05, 0.1) is 12.9 Å². The maximum Gasteiger partial charge on any atom is 0.229 e. The molecule has 2 heterocycles. The summed E-state index contributed by atoms with van der Waals surface area (Å²) in [6, 6.07) is 10.6. The third kappa shape index (κ3) is 5.34. The fraction of sp³-hybridized carbons (Fsp3) is 0.423. The molecule has 4 rings (SSSR count). The van der Waals surface area contributed by atoms with Gasteiger partial charge in [-0.2, -0.15) is 0 Å². The van der Waals surface area contributed by atoms with Gasteiger partial charge in [-0.15, -0.1) is 0 Å². The predicted molar refractivity (Wildman–Crippen MR) is 125 cm³/mol. The second-order valence-corrected chi connectivity index (χ2v) is 8.77. The summed E-state index contributed by atoms with van der Waals surface area (Å²) in [6.07, 6.45) is -3.98. The summed E-state index contributed by atoms with van der Waals surface area (Å²) in [7, 11) is 0. The average Bonchev–Trinajstić information content (AvgIpc) is 3.31. The summed E-state index contributed by atoms with van der Waals surface area (Å²) in [4.78, 5) is 13.2. The van der Waals surface area contributed by atoms with Gasteiger partial charge in [0.1, 0.15) is 47.1 Å². The van der Waals surface area contributed by atoms with Gasteiger partial charge in [-0.05, 0) is 54.3 Å². The number of fused-ring (bicyclic) bond motifs is 1. The Morgan fingerprint density at radius 1 is 1.00 bits per heavy atom. The van der Waals surface area contributed by atoms with E-state index in [-0.39, 0.29) is 29.3 Å². The molecule has 1 aromatic heterocycles. The molecular formula is C26H30O9. The molecule has 35 heavy (non-hydrogen) atoms. The van der Waals surface area contributed by atoms with E-state index in [1.807, 2.05) is 31.2 Å². The number of Topliss-reactive ketones (excluding diaryl/α,β-unsaturated/α-hetero) is 1. The van der Waals surface area contributed by atoms with Crippen LogP contribution in [0.1, 0.15) is 41.3 Å². The van der Waals surface area contributed by atoms with Crippen molar-refractivity contribution >= 4 is 16.8 Å². The largest absolute Gasteiger partial charge is 0.507 e. The topological polar surface area (TPSA) is 150 Å². The molecular weight excluding hydrogens is 456 g/mol. The first-order valence-electron chi connectivity index (χ1n) is 11.6. The van der Waals surface area contributed by atoms with E-state index in [1.165, 1.54) is 6.07 Å². The van der Waals surface area contributed by atoms with Crippen LogP contribution in [0.15, 0.2) is 47.1 Å². The summed E-state index contributed by atoms with van der Waals surface area (Å²) in [5.41, 5.74) is 2.32. The molecule has 5 N–H and O–H groups in total. The number of hydrogen-bond donors (Lipinski definition) is 5. The van der Waals surface area contributed by atoms with Crippen LogP contribution in [-0.4, -0.2) is 68.6 Å². The Kier molecular flexibility index (Phi) is 7.73. The highest BCUT2D eigenvalue weighted by atomic mass is 16.7. The molecule has 1 fully saturated rings. The van der Waals surface area contributed by atoms with E-state index in [4.69, 9.17) is 13.9 Å². The zero-order valence-corrected chi connectivity index (χ0v) is 19.3. The number of ether oxygens (including phenoxy) is 2. The summed E-state index contributed by atoms with van der Waals surface area (Å²) in [6.45, 7) is 1.35. The SMILES string of the molecule is CCCc1cc(O)c(C(=O)CCc2ccc3occc3c2)c(O[C@@H]2O[C@H](CO)[C@@H](O)[C@H](O)[C@H]2O)c1. The Morgan fingerprint density at radius 3 is 2.54 bits per heavy atom. The first-order chi connectivity index (χ1) is 16.8. The molecule has 9 heteroatoms. The van der Waals surface area contributed by atoms with Gasteiger partial charge in [0, 0.05) is 11.8 Å². The quantitative estimate of drug-likeness (QED) is 0.287. The predicted octanol–water partition coefficient (Wildman–Crippen LogP) is 2.09. The van der Waals surface area contributed by atoms with Crippen LogP contribution in [0, 0.1) is 0 Å². The molecule has 2 aromatic carbocycles. The van der Waals surface area contributed by atoms with Gasteiger partial charge >= 0.3 is 0 Å². The lowest BCUT2D eigenvalue weighted by Crippen LogP contribution is -2.60. The molecule has 188 valence electrons. The van der Waals surface area contributed by atoms with E-state index in [0.717, 1.165) is 23.0 Å². The molecule has 5 atom stereocenters. The van der Waals surface area contributed by atoms with Gasteiger partial charge in [0.25, 0.3) is 0 Å². The van der Waals surface area contributed by atoms with Crippen LogP contribution in [0.5, 0.6) is 11.5 Å². The van der Waals surface area contributed by atoms with Crippen molar-refractivity contribution in [3.8, 4) is 11.5 Å². The number of aliphatic hydroxyl groups is 4. The number of ketones is 1. The summed E-state index contributed by atoms with van der Waals surface area (Å²) in [5.74, 6) is -0.642. The van der Waals surface area contributed by atoms with Crippen LogP contribution in [0.4, 0.5) is 0 Å². The number of aromatic hydroxyl groups is 1. The number of rotatable bonds is 9. The Balaban J connectivity index is 1.58. The van der Waals surface area contributed by atoms with Crippen LogP contribution >= 0.6 is 0 Å². The number of phenolic OH excluding ortho intramolecular Hbond substituents is 1. The smallest absolute Gasteiger partial charge is 0.229 e. The highest BCUT2D eigenvalue weighted by molar-refractivity contribution is 6.01. The third-order valence-electron chi connectivity index (χ3n) is 6.21. The Bertz CT molecular complexity index is 1170. The van der Waals surface area contributed by atoms with E-state index in [9.17, 15) is 30.3 Å². The molecule has 9 nitrogen and oxygen atoms in total. The number of aliphatic hydroxyl groups excluding tert-OH is 4. The molecule has 0 radical (unpaired) electrons. The number of furan rings is 1. The molecule has 1 saturated heterocycles. The van der Waals surface area contributed by atoms with Crippen molar-refractivity contribution in [3.05, 3.63) is 59.4 Å². The third-order valence-corrected chi connectivity index (χ3v) is 6.21. The van der Waals surface area contributed by atoms with Crippen molar-refractivity contribution in [1.82, 2.24) is 0 Å². The number of benzene rings is 2. The number of hydrogen-bond acceptors (Lipinski definition) is 9. The summed E-state index contributed by atoms with van der Waals surface area (Å²) >= 11 is 0. The van der Waals surface area contributed by atoms with E-state index in [0.29, 0.717) is 18.4 Å². The second kappa shape index (κ2) is 10.8. The lowest BCUT2D eigenvalue weighted by molar-refractivity contribution is -0.277.